The van der Waals surface area contributed by atoms with Crippen LogP contribution in [-0.2, 0) is 9.53 Å². The Morgan fingerprint density at radius 3 is 2.57 bits per heavy atom. The van der Waals surface area contributed by atoms with E-state index in [0.717, 1.165) is 17.9 Å². The number of fused-ring (bicyclic) bond motifs is 3. The van der Waals surface area contributed by atoms with Crippen LogP contribution in [-0.4, -0.2) is 18.9 Å². The first-order valence-corrected chi connectivity index (χ1v) is 6.20. The van der Waals surface area contributed by atoms with Crippen molar-refractivity contribution in [3.8, 4) is 0 Å². The van der Waals surface area contributed by atoms with Crippen molar-refractivity contribution in [3.63, 3.8) is 0 Å². The van der Waals surface area contributed by atoms with Crippen LogP contribution in [0, 0.1) is 0 Å². The third kappa shape index (κ3) is 2.08. The summed E-state index contributed by atoms with van der Waals surface area (Å²) in [6.07, 6.45) is 0. The Hall–Kier alpha value is -2.95. The van der Waals surface area contributed by atoms with Gasteiger partial charge in [-0.3, -0.25) is 4.79 Å². The zero-order valence-corrected chi connectivity index (χ0v) is 11.1. The molecule has 1 aromatic heterocycles. The first-order chi connectivity index (χ1) is 10.1. The van der Waals surface area contributed by atoms with E-state index in [1.807, 2.05) is 30.3 Å². The van der Waals surface area contributed by atoms with Gasteiger partial charge in [0, 0.05) is 5.39 Å². The predicted octanol–water partition coefficient (Wildman–Crippen LogP) is 2.30. The Kier molecular flexibility index (Phi) is 3.02. The van der Waals surface area contributed by atoms with Crippen LogP contribution in [0.15, 0.2) is 51.7 Å². The molecule has 0 unspecified atom stereocenters. The molecule has 1 heterocycles. The van der Waals surface area contributed by atoms with Crippen molar-refractivity contribution in [1.29, 1.82) is 0 Å². The number of Topliss-reactive ketones (excluding diaryl/α,β-unsaturated/α-hetero) is 1. The Morgan fingerprint density at radius 1 is 1.05 bits per heavy atom. The number of carbonyl (C=O) groups is 2. The lowest BCUT2D eigenvalue weighted by Crippen LogP contribution is -2.22. The largest absolute Gasteiger partial charge is 0.463 e. The Balaban J connectivity index is 2.35. The van der Waals surface area contributed by atoms with Crippen molar-refractivity contribution in [2.75, 3.05) is 7.11 Å². The highest BCUT2D eigenvalue weighted by molar-refractivity contribution is 6.40. The maximum Gasteiger partial charge on any atom is 0.379 e. The quantitative estimate of drug-likeness (QED) is 0.237. The molecule has 0 saturated carbocycles. The molecule has 5 nitrogen and oxygen atoms in total. The van der Waals surface area contributed by atoms with Crippen LogP contribution in [0.3, 0.4) is 0 Å². The van der Waals surface area contributed by atoms with Gasteiger partial charge in [0.15, 0.2) is 0 Å². The van der Waals surface area contributed by atoms with Crippen LogP contribution in [0.4, 0.5) is 0 Å². The molecule has 3 rings (SSSR count). The maximum atomic E-state index is 11.8. The van der Waals surface area contributed by atoms with Gasteiger partial charge in [-0.05, 0) is 22.9 Å². The lowest BCUT2D eigenvalue weighted by Gasteiger charge is -2.04. The normalized spacial score (nSPS) is 10.7. The second kappa shape index (κ2) is 4.86. The van der Waals surface area contributed by atoms with E-state index in [1.54, 1.807) is 6.07 Å². The van der Waals surface area contributed by atoms with Crippen molar-refractivity contribution in [3.05, 3.63) is 58.4 Å². The number of hydrogen-bond acceptors (Lipinski definition) is 5. The summed E-state index contributed by atoms with van der Waals surface area (Å²) in [6, 6.07) is 12.3. The van der Waals surface area contributed by atoms with Gasteiger partial charge in [-0.15, -0.1) is 0 Å². The molecule has 0 bridgehead atoms. The fourth-order valence-corrected chi connectivity index (χ4v) is 2.23. The van der Waals surface area contributed by atoms with Crippen LogP contribution < -0.4 is 5.63 Å². The molecule has 0 aliphatic heterocycles. The van der Waals surface area contributed by atoms with Gasteiger partial charge in [-0.25, -0.2) is 9.59 Å². The van der Waals surface area contributed by atoms with Gasteiger partial charge in [0.2, 0.25) is 0 Å². The van der Waals surface area contributed by atoms with Gasteiger partial charge in [-0.1, -0.05) is 30.3 Å². The minimum absolute atomic E-state index is 0.328. The number of esters is 1. The van der Waals surface area contributed by atoms with Crippen molar-refractivity contribution < 1.29 is 18.7 Å². The number of hydrogen-bond donors (Lipinski definition) is 0. The van der Waals surface area contributed by atoms with Crippen molar-refractivity contribution in [2.45, 2.75) is 0 Å². The van der Waals surface area contributed by atoms with E-state index in [4.69, 9.17) is 4.42 Å². The smallest absolute Gasteiger partial charge is 0.379 e. The molecule has 0 atom stereocenters. The van der Waals surface area contributed by atoms with Crippen molar-refractivity contribution >= 4 is 33.5 Å². The van der Waals surface area contributed by atoms with Crippen LogP contribution in [0.25, 0.3) is 21.7 Å². The first-order valence-electron chi connectivity index (χ1n) is 6.20. The Bertz CT molecular complexity index is 936. The second-order valence-electron chi connectivity index (χ2n) is 4.47. The highest BCUT2D eigenvalue weighted by atomic mass is 16.5. The molecule has 0 saturated heterocycles. The Labute approximate surface area is 118 Å². The van der Waals surface area contributed by atoms with E-state index in [-0.39, 0.29) is 5.56 Å². The molecular formula is C16H10O5. The minimum atomic E-state index is -1.10. The minimum Gasteiger partial charge on any atom is -0.463 e. The zero-order chi connectivity index (χ0) is 15.0. The number of methoxy groups -OCH3 is 1. The van der Waals surface area contributed by atoms with Gasteiger partial charge in [0.25, 0.3) is 5.78 Å². The molecule has 0 amide bonds. The number of carbonyl (C=O) groups excluding carboxylic acids is 2. The number of ether oxygens (including phenoxy) is 1. The predicted molar refractivity (Wildman–Crippen MR) is 76.3 cm³/mol. The summed E-state index contributed by atoms with van der Waals surface area (Å²) in [5.74, 6) is -2.11. The molecular weight excluding hydrogens is 272 g/mol. The summed E-state index contributed by atoms with van der Waals surface area (Å²) >= 11 is 0. The molecule has 104 valence electrons. The van der Waals surface area contributed by atoms with E-state index in [2.05, 4.69) is 4.74 Å². The standard InChI is InChI=1S/C16H10O5/c1-20-16(19)14(17)12-8-11-10-5-3-2-4-9(10)6-7-13(11)21-15(12)18/h2-8H,1H3. The molecule has 5 heteroatoms. The van der Waals surface area contributed by atoms with Crippen LogP contribution in [0.5, 0.6) is 0 Å². The van der Waals surface area contributed by atoms with Gasteiger partial charge < -0.3 is 9.15 Å². The highest BCUT2D eigenvalue weighted by Gasteiger charge is 2.22. The van der Waals surface area contributed by atoms with Crippen LogP contribution in [0.1, 0.15) is 10.4 Å². The lowest BCUT2D eigenvalue weighted by molar-refractivity contribution is -0.135. The fourth-order valence-electron chi connectivity index (χ4n) is 2.23. The van der Waals surface area contributed by atoms with Crippen LogP contribution in [0.2, 0.25) is 0 Å². The zero-order valence-electron chi connectivity index (χ0n) is 11.1. The third-order valence-electron chi connectivity index (χ3n) is 3.26. The van der Waals surface area contributed by atoms with E-state index in [0.29, 0.717) is 11.0 Å². The molecule has 0 N–H and O–H groups in total. The fraction of sp³-hybridized carbons (Fsp3) is 0.0625. The molecule has 21 heavy (non-hydrogen) atoms. The SMILES string of the molecule is COC(=O)C(=O)c1cc2c(ccc3ccccc32)oc1=O. The third-order valence-corrected chi connectivity index (χ3v) is 3.26. The average molecular weight is 282 g/mol. The van der Waals surface area contributed by atoms with E-state index < -0.39 is 17.4 Å². The first kappa shape index (κ1) is 13.1. The average Bonchev–Trinajstić information content (AvgIpc) is 2.52. The van der Waals surface area contributed by atoms with Crippen molar-refractivity contribution in [2.24, 2.45) is 0 Å². The lowest BCUT2D eigenvalue weighted by atomic mass is 10.0. The van der Waals surface area contributed by atoms with Gasteiger partial charge in [0.05, 0.1) is 7.11 Å². The van der Waals surface area contributed by atoms with E-state index in [9.17, 15) is 14.4 Å². The van der Waals surface area contributed by atoms with Crippen molar-refractivity contribution in [1.82, 2.24) is 0 Å². The van der Waals surface area contributed by atoms with Gasteiger partial charge >= 0.3 is 11.6 Å². The number of ketones is 1. The number of rotatable bonds is 2. The van der Waals surface area contributed by atoms with Crippen LogP contribution >= 0.6 is 0 Å². The van der Waals surface area contributed by atoms with E-state index in [1.165, 1.54) is 6.07 Å². The summed E-state index contributed by atoms with van der Waals surface area (Å²) in [5.41, 5.74) is -0.820. The summed E-state index contributed by atoms with van der Waals surface area (Å²) in [6.45, 7) is 0. The van der Waals surface area contributed by atoms with Gasteiger partial charge in [0.1, 0.15) is 11.1 Å². The van der Waals surface area contributed by atoms with E-state index >= 15 is 0 Å². The maximum absolute atomic E-state index is 11.8. The molecule has 2 aromatic carbocycles. The molecule has 0 radical (unpaired) electrons. The molecule has 0 aliphatic rings. The highest BCUT2D eigenvalue weighted by Crippen LogP contribution is 2.25. The summed E-state index contributed by atoms with van der Waals surface area (Å²) in [5, 5.41) is 2.37. The molecule has 0 spiro atoms. The monoisotopic (exact) mass is 282 g/mol. The summed E-state index contributed by atoms with van der Waals surface area (Å²) < 4.78 is 9.48. The Morgan fingerprint density at radius 2 is 1.81 bits per heavy atom. The summed E-state index contributed by atoms with van der Waals surface area (Å²) in [4.78, 5) is 35.0. The topological polar surface area (TPSA) is 73.6 Å². The molecule has 3 aromatic rings. The molecule has 0 aliphatic carbocycles. The van der Waals surface area contributed by atoms with Gasteiger partial charge in [-0.2, -0.15) is 0 Å². The number of benzene rings is 2. The molecule has 0 fully saturated rings. The second-order valence-corrected chi connectivity index (χ2v) is 4.47. The summed E-state index contributed by atoms with van der Waals surface area (Å²) in [7, 11) is 1.08.